The van der Waals surface area contributed by atoms with Gasteiger partial charge in [-0.25, -0.2) is 4.39 Å². The SMILES string of the molecule is Cc1ccc(F)cc1/C=C1\Cc2c(Br)cccc2C1=O. The molecule has 0 saturated carbocycles. The second kappa shape index (κ2) is 4.98. The predicted molar refractivity (Wildman–Crippen MR) is 81.3 cm³/mol. The number of aryl methyl sites for hydroxylation is 1. The van der Waals surface area contributed by atoms with Gasteiger partial charge in [0.15, 0.2) is 5.78 Å². The summed E-state index contributed by atoms with van der Waals surface area (Å²) >= 11 is 3.47. The second-order valence-electron chi connectivity index (χ2n) is 4.94. The third-order valence-electron chi connectivity index (χ3n) is 3.59. The number of rotatable bonds is 1. The largest absolute Gasteiger partial charge is 0.289 e. The molecular weight excluding hydrogens is 319 g/mol. The molecule has 0 spiro atoms. The van der Waals surface area contributed by atoms with E-state index < -0.39 is 0 Å². The summed E-state index contributed by atoms with van der Waals surface area (Å²) in [5, 5.41) is 0. The molecule has 2 aromatic rings. The van der Waals surface area contributed by atoms with Crippen LogP contribution in [0.2, 0.25) is 0 Å². The predicted octanol–water partition coefficient (Wildman–Crippen LogP) is 4.72. The number of benzene rings is 2. The molecule has 2 aromatic carbocycles. The molecule has 1 nitrogen and oxygen atoms in total. The molecule has 0 amide bonds. The van der Waals surface area contributed by atoms with Crippen molar-refractivity contribution in [2.45, 2.75) is 13.3 Å². The minimum atomic E-state index is -0.286. The zero-order chi connectivity index (χ0) is 14.3. The van der Waals surface area contributed by atoms with Crippen LogP contribution in [0.4, 0.5) is 4.39 Å². The molecule has 100 valence electrons. The third kappa shape index (κ3) is 2.22. The third-order valence-corrected chi connectivity index (χ3v) is 4.34. The molecule has 0 radical (unpaired) electrons. The quantitative estimate of drug-likeness (QED) is 0.691. The number of ketones is 1. The highest BCUT2D eigenvalue weighted by Gasteiger charge is 2.26. The summed E-state index contributed by atoms with van der Waals surface area (Å²) in [4.78, 5) is 12.4. The Hall–Kier alpha value is -1.74. The zero-order valence-electron chi connectivity index (χ0n) is 10.9. The molecular formula is C17H12BrFO. The zero-order valence-corrected chi connectivity index (χ0v) is 12.5. The Morgan fingerprint density at radius 2 is 2.05 bits per heavy atom. The maximum atomic E-state index is 13.3. The molecule has 1 aliphatic rings. The summed E-state index contributed by atoms with van der Waals surface area (Å²) in [7, 11) is 0. The number of hydrogen-bond acceptors (Lipinski definition) is 1. The van der Waals surface area contributed by atoms with Crippen molar-refractivity contribution in [1.82, 2.24) is 0 Å². The molecule has 0 N–H and O–H groups in total. The van der Waals surface area contributed by atoms with E-state index in [2.05, 4.69) is 15.9 Å². The van der Waals surface area contributed by atoms with Crippen molar-refractivity contribution in [3.05, 3.63) is 74.5 Å². The highest BCUT2D eigenvalue weighted by Crippen LogP contribution is 2.33. The molecule has 20 heavy (non-hydrogen) atoms. The number of fused-ring (bicyclic) bond motifs is 1. The minimum absolute atomic E-state index is 0.0324. The normalized spacial score (nSPS) is 15.8. The van der Waals surface area contributed by atoms with Crippen molar-refractivity contribution in [1.29, 1.82) is 0 Å². The molecule has 0 atom stereocenters. The van der Waals surface area contributed by atoms with E-state index in [1.807, 2.05) is 25.1 Å². The lowest BCUT2D eigenvalue weighted by Gasteiger charge is -2.02. The summed E-state index contributed by atoms with van der Waals surface area (Å²) in [5.74, 6) is -0.253. The van der Waals surface area contributed by atoms with Crippen LogP contribution < -0.4 is 0 Å². The van der Waals surface area contributed by atoms with Gasteiger partial charge in [0.2, 0.25) is 0 Å². The Kier molecular flexibility index (Phi) is 3.30. The van der Waals surface area contributed by atoms with Crippen molar-refractivity contribution >= 4 is 27.8 Å². The first-order valence-electron chi connectivity index (χ1n) is 6.35. The average Bonchev–Trinajstić information content (AvgIpc) is 2.73. The van der Waals surface area contributed by atoms with Crippen LogP contribution in [0.1, 0.15) is 27.0 Å². The fourth-order valence-electron chi connectivity index (χ4n) is 2.47. The van der Waals surface area contributed by atoms with Crippen molar-refractivity contribution in [3.8, 4) is 0 Å². The molecule has 0 aromatic heterocycles. The van der Waals surface area contributed by atoms with Crippen molar-refractivity contribution in [2.24, 2.45) is 0 Å². The average molecular weight is 331 g/mol. The lowest BCUT2D eigenvalue weighted by atomic mass is 10.0. The Labute approximate surface area is 125 Å². The Balaban J connectivity index is 2.06. The van der Waals surface area contributed by atoms with E-state index in [9.17, 15) is 9.18 Å². The summed E-state index contributed by atoms with van der Waals surface area (Å²) in [6.07, 6.45) is 2.39. The monoisotopic (exact) mass is 330 g/mol. The topological polar surface area (TPSA) is 17.1 Å². The van der Waals surface area contributed by atoms with Gasteiger partial charge in [-0.1, -0.05) is 34.1 Å². The standard InChI is InChI=1S/C17H12BrFO/c1-10-5-6-13(19)8-11(10)7-12-9-15-14(17(12)20)3-2-4-16(15)18/h2-8H,9H2,1H3/b12-7+. The van der Waals surface area contributed by atoms with E-state index in [1.54, 1.807) is 12.1 Å². The van der Waals surface area contributed by atoms with Crippen LogP contribution in [0.3, 0.4) is 0 Å². The van der Waals surface area contributed by atoms with Crippen LogP contribution in [-0.4, -0.2) is 5.78 Å². The van der Waals surface area contributed by atoms with Gasteiger partial charge in [0.05, 0.1) is 0 Å². The Bertz CT molecular complexity index is 747. The highest BCUT2D eigenvalue weighted by molar-refractivity contribution is 9.10. The summed E-state index contributed by atoms with van der Waals surface area (Å²) in [6.45, 7) is 1.91. The molecule has 0 saturated heterocycles. The van der Waals surface area contributed by atoms with Crippen molar-refractivity contribution in [3.63, 3.8) is 0 Å². The smallest absolute Gasteiger partial charge is 0.189 e. The van der Waals surface area contributed by atoms with E-state index in [0.29, 0.717) is 12.0 Å². The van der Waals surface area contributed by atoms with Gasteiger partial charge in [-0.15, -0.1) is 0 Å². The van der Waals surface area contributed by atoms with Gasteiger partial charge in [0.25, 0.3) is 0 Å². The van der Waals surface area contributed by atoms with Gasteiger partial charge in [0, 0.05) is 22.0 Å². The van der Waals surface area contributed by atoms with Gasteiger partial charge in [-0.05, 0) is 47.9 Å². The lowest BCUT2D eigenvalue weighted by Crippen LogP contribution is -1.96. The van der Waals surface area contributed by atoms with Gasteiger partial charge in [-0.2, -0.15) is 0 Å². The molecule has 0 fully saturated rings. The minimum Gasteiger partial charge on any atom is -0.289 e. The van der Waals surface area contributed by atoms with Crippen LogP contribution in [-0.2, 0) is 6.42 Å². The number of Topliss-reactive ketones (excluding diaryl/α,β-unsaturated/α-hetero) is 1. The summed E-state index contributed by atoms with van der Waals surface area (Å²) in [6, 6.07) is 10.2. The first-order valence-corrected chi connectivity index (χ1v) is 7.14. The van der Waals surface area contributed by atoms with Crippen LogP contribution in [0.25, 0.3) is 6.08 Å². The van der Waals surface area contributed by atoms with Gasteiger partial charge in [0.1, 0.15) is 5.82 Å². The van der Waals surface area contributed by atoms with Crippen LogP contribution in [0.15, 0.2) is 46.4 Å². The van der Waals surface area contributed by atoms with E-state index >= 15 is 0 Å². The van der Waals surface area contributed by atoms with Crippen molar-refractivity contribution < 1.29 is 9.18 Å². The molecule has 0 unspecified atom stereocenters. The van der Waals surface area contributed by atoms with E-state index in [4.69, 9.17) is 0 Å². The fraction of sp³-hybridized carbons (Fsp3) is 0.118. The van der Waals surface area contributed by atoms with Crippen LogP contribution >= 0.6 is 15.9 Å². The molecule has 3 rings (SSSR count). The summed E-state index contributed by atoms with van der Waals surface area (Å²) in [5.41, 5.74) is 4.18. The Morgan fingerprint density at radius 3 is 2.80 bits per heavy atom. The van der Waals surface area contributed by atoms with Gasteiger partial charge in [-0.3, -0.25) is 4.79 Å². The number of allylic oxidation sites excluding steroid dienone is 1. The van der Waals surface area contributed by atoms with Crippen LogP contribution in [0.5, 0.6) is 0 Å². The first-order chi connectivity index (χ1) is 9.56. The van der Waals surface area contributed by atoms with Crippen LogP contribution in [0, 0.1) is 12.7 Å². The van der Waals surface area contributed by atoms with Crippen molar-refractivity contribution in [2.75, 3.05) is 0 Å². The maximum absolute atomic E-state index is 13.3. The molecule has 3 heteroatoms. The second-order valence-corrected chi connectivity index (χ2v) is 5.80. The first kappa shape index (κ1) is 13.3. The van der Waals surface area contributed by atoms with Gasteiger partial charge < -0.3 is 0 Å². The number of carbonyl (C=O) groups excluding carboxylic acids is 1. The highest BCUT2D eigenvalue weighted by atomic mass is 79.9. The van der Waals surface area contributed by atoms with E-state index in [0.717, 1.165) is 26.7 Å². The fourth-order valence-corrected chi connectivity index (χ4v) is 2.97. The molecule has 0 heterocycles. The van der Waals surface area contributed by atoms with Gasteiger partial charge >= 0.3 is 0 Å². The van der Waals surface area contributed by atoms with E-state index in [1.165, 1.54) is 12.1 Å². The molecule has 1 aliphatic carbocycles. The number of halogens is 2. The molecule has 0 bridgehead atoms. The van der Waals surface area contributed by atoms with E-state index in [-0.39, 0.29) is 11.6 Å². The lowest BCUT2D eigenvalue weighted by molar-refractivity contribution is 0.104. The Morgan fingerprint density at radius 1 is 1.25 bits per heavy atom. The summed E-state index contributed by atoms with van der Waals surface area (Å²) < 4.78 is 14.3. The number of carbonyl (C=O) groups is 1. The molecule has 0 aliphatic heterocycles. The maximum Gasteiger partial charge on any atom is 0.189 e. The number of hydrogen-bond donors (Lipinski definition) is 0.